The Morgan fingerprint density at radius 1 is 1.31 bits per heavy atom. The summed E-state index contributed by atoms with van der Waals surface area (Å²) in [5, 5.41) is 25.3. The van der Waals surface area contributed by atoms with E-state index in [-0.39, 0.29) is 18.2 Å². The molecular weight excluding hydrogens is 426 g/mol. The van der Waals surface area contributed by atoms with Crippen molar-refractivity contribution in [2.75, 3.05) is 12.9 Å². The quantitative estimate of drug-likeness (QED) is 0.579. The Hall–Kier alpha value is -2.43. The van der Waals surface area contributed by atoms with Crippen LogP contribution in [0.1, 0.15) is 42.5 Å². The van der Waals surface area contributed by atoms with Crippen LogP contribution < -0.4 is 15.8 Å². The van der Waals surface area contributed by atoms with Gasteiger partial charge in [-0.3, -0.25) is 4.98 Å². The first kappa shape index (κ1) is 21.4. The molecule has 1 fully saturated rings. The standard InChI is InChI=1S/C22H29N7O2S/c1-11-8-24-17(12(2)21(11)31-3)9-29-26-16-7-15(25-14-5-4-6-18(14)30)13-10-32-28-22(23)20(27-29)19(13)16/h8,14-15,18,25,30H,4-7,9-10H2,1-3H3,(H2,23,28)/t14-,15?,18-/m0/s1. The highest BCUT2D eigenvalue weighted by Gasteiger charge is 2.40. The van der Waals surface area contributed by atoms with E-state index in [2.05, 4.69) is 14.7 Å². The third-order valence-corrected chi connectivity index (χ3v) is 7.44. The smallest absolute Gasteiger partial charge is 0.160 e. The molecule has 0 radical (unpaired) electrons. The summed E-state index contributed by atoms with van der Waals surface area (Å²) in [5.74, 6) is 2.00. The topological polar surface area (TPSA) is 121 Å². The summed E-state index contributed by atoms with van der Waals surface area (Å²) in [5.41, 5.74) is 13.0. The molecular formula is C22H29N7O2S. The van der Waals surface area contributed by atoms with Crippen LogP contribution in [-0.4, -0.2) is 63.5 Å². The summed E-state index contributed by atoms with van der Waals surface area (Å²) in [6.07, 6.45) is 5.17. The first-order chi connectivity index (χ1) is 15.5. The number of hydrogen-bond acceptors (Lipinski definition) is 10. The lowest BCUT2D eigenvalue weighted by molar-refractivity contribution is 0.145. The molecule has 4 N–H and O–H groups in total. The average Bonchev–Trinajstić information content (AvgIpc) is 3.27. The summed E-state index contributed by atoms with van der Waals surface area (Å²) in [4.78, 5) is 4.60. The molecule has 0 spiro atoms. The van der Waals surface area contributed by atoms with E-state index in [1.54, 1.807) is 12.2 Å². The van der Waals surface area contributed by atoms with Crippen LogP contribution in [0.3, 0.4) is 0 Å². The van der Waals surface area contributed by atoms with Gasteiger partial charge in [-0.05, 0) is 50.6 Å². The molecule has 2 aliphatic heterocycles. The van der Waals surface area contributed by atoms with Gasteiger partial charge in [-0.2, -0.15) is 19.7 Å². The van der Waals surface area contributed by atoms with Gasteiger partial charge in [0.2, 0.25) is 0 Å². The second-order valence-electron chi connectivity index (χ2n) is 8.75. The van der Waals surface area contributed by atoms with Gasteiger partial charge in [-0.25, -0.2) is 0 Å². The van der Waals surface area contributed by atoms with Gasteiger partial charge >= 0.3 is 0 Å². The lowest BCUT2D eigenvalue weighted by Gasteiger charge is -2.23. The summed E-state index contributed by atoms with van der Waals surface area (Å²) < 4.78 is 10.0. The minimum Gasteiger partial charge on any atom is -0.496 e. The maximum Gasteiger partial charge on any atom is 0.160 e. The van der Waals surface area contributed by atoms with Gasteiger partial charge < -0.3 is 20.9 Å². The maximum absolute atomic E-state index is 10.3. The first-order valence-corrected chi connectivity index (χ1v) is 12.0. The second-order valence-corrected chi connectivity index (χ2v) is 9.48. The number of aryl methyl sites for hydroxylation is 1. The Morgan fingerprint density at radius 2 is 2.16 bits per heavy atom. The van der Waals surface area contributed by atoms with Crippen LogP contribution in [0.2, 0.25) is 0 Å². The first-order valence-electron chi connectivity index (χ1n) is 11.0. The Morgan fingerprint density at radius 3 is 2.91 bits per heavy atom. The number of amidine groups is 1. The van der Waals surface area contributed by atoms with Crippen molar-refractivity contribution in [1.82, 2.24) is 15.4 Å². The van der Waals surface area contributed by atoms with Crippen molar-refractivity contribution in [3.05, 3.63) is 34.2 Å². The van der Waals surface area contributed by atoms with Gasteiger partial charge in [0.25, 0.3) is 0 Å². The number of hydrazone groups is 2. The molecule has 5 rings (SSSR count). The number of rotatable bonds is 5. The molecule has 1 unspecified atom stereocenters. The predicted molar refractivity (Wildman–Crippen MR) is 127 cm³/mol. The third kappa shape index (κ3) is 3.70. The van der Waals surface area contributed by atoms with Crippen LogP contribution in [0.15, 0.2) is 31.9 Å². The van der Waals surface area contributed by atoms with Crippen LogP contribution in [-0.2, 0) is 6.54 Å². The number of nitrogens with one attached hydrogen (secondary N) is 1. The van der Waals surface area contributed by atoms with E-state index >= 15 is 0 Å². The van der Waals surface area contributed by atoms with Gasteiger partial charge in [0.05, 0.1) is 24.6 Å². The third-order valence-electron chi connectivity index (χ3n) is 6.68. The molecule has 3 atom stereocenters. The molecule has 0 bridgehead atoms. The highest BCUT2D eigenvalue weighted by atomic mass is 32.2. The molecule has 3 heterocycles. The lowest BCUT2D eigenvalue weighted by atomic mass is 10.0. The van der Waals surface area contributed by atoms with Crippen molar-refractivity contribution in [3.8, 4) is 5.75 Å². The average molecular weight is 456 g/mol. The van der Waals surface area contributed by atoms with Crippen molar-refractivity contribution >= 4 is 29.2 Å². The number of aliphatic hydroxyl groups is 1. The number of ether oxygens (including phenoxy) is 1. The van der Waals surface area contributed by atoms with Crippen LogP contribution >= 0.6 is 11.9 Å². The number of pyridine rings is 1. The van der Waals surface area contributed by atoms with E-state index in [9.17, 15) is 5.11 Å². The second kappa shape index (κ2) is 8.49. The largest absolute Gasteiger partial charge is 0.496 e. The Bertz CT molecular complexity index is 1060. The van der Waals surface area contributed by atoms with E-state index < -0.39 is 0 Å². The Labute approximate surface area is 192 Å². The van der Waals surface area contributed by atoms with E-state index in [4.69, 9.17) is 20.7 Å². The summed E-state index contributed by atoms with van der Waals surface area (Å²) in [6.45, 7) is 4.40. The number of nitrogens with two attached hydrogens (primary N) is 1. The highest BCUT2D eigenvalue weighted by Crippen LogP contribution is 2.35. The minimum atomic E-state index is -0.292. The molecule has 0 aromatic carbocycles. The molecule has 4 aliphatic rings. The predicted octanol–water partition coefficient (Wildman–Crippen LogP) is 1.83. The van der Waals surface area contributed by atoms with Crippen molar-refractivity contribution in [3.63, 3.8) is 0 Å². The fourth-order valence-corrected chi connectivity index (χ4v) is 5.81. The van der Waals surface area contributed by atoms with Crippen molar-refractivity contribution in [2.24, 2.45) is 20.3 Å². The molecule has 9 nitrogen and oxygen atoms in total. The lowest BCUT2D eigenvalue weighted by Crippen LogP contribution is -2.43. The summed E-state index contributed by atoms with van der Waals surface area (Å²) >= 11 is 1.45. The zero-order valence-corrected chi connectivity index (χ0v) is 19.4. The SMILES string of the molecule is COc1c(C)cnc(CN2N=C3CC(N[C@H]4CCC[C@@H]4O)C4=C3C(=N2)C(N)=NSC4)c1C. The van der Waals surface area contributed by atoms with Crippen LogP contribution in [0.4, 0.5) is 0 Å². The van der Waals surface area contributed by atoms with Gasteiger partial charge in [0.15, 0.2) is 5.84 Å². The maximum atomic E-state index is 10.3. The van der Waals surface area contributed by atoms with E-state index in [0.29, 0.717) is 18.1 Å². The molecule has 1 saturated carbocycles. The fourth-order valence-electron chi connectivity index (χ4n) is 5.04. The monoisotopic (exact) mass is 455 g/mol. The highest BCUT2D eigenvalue weighted by molar-refractivity contribution is 7.98. The molecule has 0 saturated heterocycles. The molecule has 1 aromatic rings. The molecule has 170 valence electrons. The molecule has 10 heteroatoms. The van der Waals surface area contributed by atoms with Crippen LogP contribution in [0, 0.1) is 13.8 Å². The van der Waals surface area contributed by atoms with Gasteiger partial charge in [0.1, 0.15) is 18.0 Å². The zero-order chi connectivity index (χ0) is 22.4. The summed E-state index contributed by atoms with van der Waals surface area (Å²) in [6, 6.07) is 0.225. The van der Waals surface area contributed by atoms with Crippen molar-refractivity contribution < 1.29 is 9.84 Å². The number of nitrogens with zero attached hydrogens (tertiary/aromatic N) is 5. The van der Waals surface area contributed by atoms with Crippen molar-refractivity contribution in [2.45, 2.75) is 64.3 Å². The van der Waals surface area contributed by atoms with Gasteiger partial charge in [-0.15, -0.1) is 0 Å². The minimum absolute atomic E-state index is 0.111. The Balaban J connectivity index is 1.46. The molecule has 1 aromatic heterocycles. The van der Waals surface area contributed by atoms with Crippen LogP contribution in [0.5, 0.6) is 5.75 Å². The summed E-state index contributed by atoms with van der Waals surface area (Å²) in [7, 11) is 1.67. The van der Waals surface area contributed by atoms with Crippen molar-refractivity contribution in [1.29, 1.82) is 0 Å². The number of aliphatic hydroxyl groups excluding tert-OH is 1. The number of aromatic nitrogens is 1. The van der Waals surface area contributed by atoms with Crippen LogP contribution in [0.25, 0.3) is 0 Å². The normalized spacial score (nSPS) is 27.1. The van der Waals surface area contributed by atoms with Gasteiger partial charge in [-0.1, -0.05) is 0 Å². The zero-order valence-electron chi connectivity index (χ0n) is 18.6. The Kier molecular flexibility index (Phi) is 5.68. The number of methoxy groups -OCH3 is 1. The van der Waals surface area contributed by atoms with E-state index in [1.165, 1.54) is 17.5 Å². The molecule has 2 aliphatic carbocycles. The number of hydrogen-bond donors (Lipinski definition) is 3. The molecule has 0 amide bonds. The van der Waals surface area contributed by atoms with E-state index in [0.717, 1.165) is 65.3 Å². The fraction of sp³-hybridized carbons (Fsp3) is 0.545. The van der Waals surface area contributed by atoms with E-state index in [1.807, 2.05) is 20.0 Å². The van der Waals surface area contributed by atoms with Gasteiger partial charge in [0, 0.05) is 47.2 Å². The molecule has 32 heavy (non-hydrogen) atoms.